The maximum Gasteiger partial charge on any atom is 0.225 e. The Morgan fingerprint density at radius 2 is 1.86 bits per heavy atom. The summed E-state index contributed by atoms with van der Waals surface area (Å²) in [6.07, 6.45) is 8.44. The summed E-state index contributed by atoms with van der Waals surface area (Å²) in [5.74, 6) is 1.18. The van der Waals surface area contributed by atoms with Crippen LogP contribution in [0.1, 0.15) is 51.0 Å². The van der Waals surface area contributed by atoms with Gasteiger partial charge in [0.05, 0.1) is 0 Å². The molecule has 0 aromatic heterocycles. The van der Waals surface area contributed by atoms with Crippen LogP contribution < -0.4 is 0 Å². The predicted molar refractivity (Wildman–Crippen MR) is 88.1 cm³/mol. The molecule has 2 nitrogen and oxygen atoms in total. The van der Waals surface area contributed by atoms with Crippen molar-refractivity contribution in [1.29, 1.82) is 0 Å². The molecule has 116 valence electrons. The number of hydrogen-bond acceptors (Lipinski definition) is 1. The van der Waals surface area contributed by atoms with E-state index in [4.69, 9.17) is 0 Å². The molecule has 21 heavy (non-hydrogen) atoms. The van der Waals surface area contributed by atoms with Crippen molar-refractivity contribution < 1.29 is 4.79 Å². The molecular weight excluding hydrogens is 258 g/mol. The summed E-state index contributed by atoms with van der Waals surface area (Å²) in [4.78, 5) is 14.6. The second-order valence-electron chi connectivity index (χ2n) is 6.38. The first kappa shape index (κ1) is 16.1. The lowest BCUT2D eigenvalue weighted by atomic mass is 9.77. The minimum absolute atomic E-state index is 0.218. The summed E-state index contributed by atoms with van der Waals surface area (Å²) in [6, 6.07) is 10.6. The highest BCUT2D eigenvalue weighted by Crippen LogP contribution is 2.33. The number of rotatable bonds is 6. The van der Waals surface area contributed by atoms with Crippen LogP contribution in [0.4, 0.5) is 0 Å². The van der Waals surface area contributed by atoms with Crippen molar-refractivity contribution >= 4 is 5.91 Å². The van der Waals surface area contributed by atoms with Crippen LogP contribution in [0.15, 0.2) is 30.3 Å². The van der Waals surface area contributed by atoms with Gasteiger partial charge < -0.3 is 4.90 Å². The first-order valence-electron chi connectivity index (χ1n) is 8.51. The molecule has 2 rings (SSSR count). The van der Waals surface area contributed by atoms with E-state index in [1.165, 1.54) is 37.7 Å². The fourth-order valence-corrected chi connectivity index (χ4v) is 3.50. The number of benzene rings is 1. The summed E-state index contributed by atoms with van der Waals surface area (Å²) < 4.78 is 0. The number of nitrogens with zero attached hydrogens (tertiary/aromatic N) is 1. The van der Waals surface area contributed by atoms with Crippen molar-refractivity contribution in [3.63, 3.8) is 0 Å². The molecule has 2 heteroatoms. The van der Waals surface area contributed by atoms with Gasteiger partial charge in [-0.2, -0.15) is 0 Å². The van der Waals surface area contributed by atoms with Gasteiger partial charge in [-0.15, -0.1) is 0 Å². The van der Waals surface area contributed by atoms with E-state index in [0.29, 0.717) is 11.8 Å². The molecule has 0 radical (unpaired) electrons. The summed E-state index contributed by atoms with van der Waals surface area (Å²) in [5, 5.41) is 0. The highest BCUT2D eigenvalue weighted by atomic mass is 16.2. The lowest BCUT2D eigenvalue weighted by Gasteiger charge is -2.32. The minimum Gasteiger partial charge on any atom is -0.346 e. The van der Waals surface area contributed by atoms with Crippen LogP contribution in [0.2, 0.25) is 0 Å². The molecule has 1 aliphatic rings. The Morgan fingerprint density at radius 3 is 2.48 bits per heavy atom. The molecule has 0 N–H and O–H groups in total. The van der Waals surface area contributed by atoms with Crippen molar-refractivity contribution in [2.75, 3.05) is 13.6 Å². The highest BCUT2D eigenvalue weighted by molar-refractivity contribution is 5.78. The van der Waals surface area contributed by atoms with Gasteiger partial charge in [0, 0.05) is 19.5 Å². The Labute approximate surface area is 129 Å². The SMILES string of the molecule is CCN(C)C(=O)C(CCc1ccccc1)C1CCCCC1. The quantitative estimate of drug-likeness (QED) is 0.764. The Bertz CT molecular complexity index is 422. The molecule has 0 heterocycles. The minimum atomic E-state index is 0.218. The van der Waals surface area contributed by atoms with Crippen LogP contribution in [0.3, 0.4) is 0 Å². The Hall–Kier alpha value is -1.31. The first-order chi connectivity index (χ1) is 10.2. The second-order valence-corrected chi connectivity index (χ2v) is 6.38. The molecular formula is C19H29NO. The zero-order valence-electron chi connectivity index (χ0n) is 13.6. The maximum absolute atomic E-state index is 12.7. The third-order valence-electron chi connectivity index (χ3n) is 4.97. The van der Waals surface area contributed by atoms with E-state index >= 15 is 0 Å². The van der Waals surface area contributed by atoms with Crippen molar-refractivity contribution in [3.05, 3.63) is 35.9 Å². The number of aryl methyl sites for hydroxylation is 1. The summed E-state index contributed by atoms with van der Waals surface area (Å²) in [7, 11) is 1.95. The van der Waals surface area contributed by atoms with E-state index in [1.807, 2.05) is 11.9 Å². The average Bonchev–Trinajstić information content (AvgIpc) is 2.56. The summed E-state index contributed by atoms with van der Waals surface area (Å²) in [6.45, 7) is 2.88. The lowest BCUT2D eigenvalue weighted by molar-refractivity contribution is -0.136. The van der Waals surface area contributed by atoms with Gasteiger partial charge in [-0.05, 0) is 44.1 Å². The molecule has 1 amide bonds. The zero-order chi connectivity index (χ0) is 15.1. The monoisotopic (exact) mass is 287 g/mol. The average molecular weight is 287 g/mol. The van der Waals surface area contributed by atoms with E-state index < -0.39 is 0 Å². The van der Waals surface area contributed by atoms with Gasteiger partial charge in [-0.25, -0.2) is 0 Å². The van der Waals surface area contributed by atoms with Gasteiger partial charge in [-0.3, -0.25) is 4.79 Å². The van der Waals surface area contributed by atoms with Gasteiger partial charge in [0.1, 0.15) is 0 Å². The van der Waals surface area contributed by atoms with Crippen LogP contribution in [0, 0.1) is 11.8 Å². The smallest absolute Gasteiger partial charge is 0.225 e. The molecule has 1 saturated carbocycles. The van der Waals surface area contributed by atoms with Crippen LogP contribution in [-0.2, 0) is 11.2 Å². The van der Waals surface area contributed by atoms with Crippen molar-refractivity contribution in [2.24, 2.45) is 11.8 Å². The third-order valence-corrected chi connectivity index (χ3v) is 4.97. The largest absolute Gasteiger partial charge is 0.346 e. The number of carbonyl (C=O) groups excluding carboxylic acids is 1. The fraction of sp³-hybridized carbons (Fsp3) is 0.632. The fourth-order valence-electron chi connectivity index (χ4n) is 3.50. The van der Waals surface area contributed by atoms with E-state index in [1.54, 1.807) is 0 Å². The molecule has 0 bridgehead atoms. The summed E-state index contributed by atoms with van der Waals surface area (Å²) >= 11 is 0. The van der Waals surface area contributed by atoms with Crippen LogP contribution in [-0.4, -0.2) is 24.4 Å². The molecule has 1 aliphatic carbocycles. The molecule has 0 aliphatic heterocycles. The topological polar surface area (TPSA) is 20.3 Å². The van der Waals surface area contributed by atoms with Gasteiger partial charge in [0.25, 0.3) is 0 Å². The zero-order valence-corrected chi connectivity index (χ0v) is 13.6. The van der Waals surface area contributed by atoms with Gasteiger partial charge in [0.2, 0.25) is 5.91 Å². The molecule has 1 aromatic rings. The summed E-state index contributed by atoms with van der Waals surface area (Å²) in [5.41, 5.74) is 1.35. The number of amides is 1. The third kappa shape index (κ3) is 4.59. The van der Waals surface area contributed by atoms with Crippen molar-refractivity contribution in [1.82, 2.24) is 4.90 Å². The van der Waals surface area contributed by atoms with Gasteiger partial charge >= 0.3 is 0 Å². The molecule has 1 unspecified atom stereocenters. The van der Waals surface area contributed by atoms with Crippen LogP contribution >= 0.6 is 0 Å². The molecule has 0 spiro atoms. The van der Waals surface area contributed by atoms with Crippen LogP contribution in [0.5, 0.6) is 0 Å². The van der Waals surface area contributed by atoms with Gasteiger partial charge in [0.15, 0.2) is 0 Å². The molecule has 0 saturated heterocycles. The predicted octanol–water partition coefficient (Wildman–Crippen LogP) is 4.29. The van der Waals surface area contributed by atoms with E-state index in [-0.39, 0.29) is 5.92 Å². The maximum atomic E-state index is 12.7. The molecule has 1 atom stereocenters. The second kappa shape index (κ2) is 8.21. The Morgan fingerprint density at radius 1 is 1.19 bits per heavy atom. The Kier molecular flexibility index (Phi) is 6.28. The Balaban J connectivity index is 2.02. The van der Waals surface area contributed by atoms with E-state index in [2.05, 4.69) is 37.3 Å². The first-order valence-corrected chi connectivity index (χ1v) is 8.51. The van der Waals surface area contributed by atoms with E-state index in [9.17, 15) is 4.79 Å². The van der Waals surface area contributed by atoms with E-state index in [0.717, 1.165) is 19.4 Å². The number of hydrogen-bond donors (Lipinski definition) is 0. The highest BCUT2D eigenvalue weighted by Gasteiger charge is 2.30. The molecule has 1 fully saturated rings. The van der Waals surface area contributed by atoms with Crippen LogP contribution in [0.25, 0.3) is 0 Å². The lowest BCUT2D eigenvalue weighted by Crippen LogP contribution is -2.37. The van der Waals surface area contributed by atoms with Crippen molar-refractivity contribution in [2.45, 2.75) is 51.9 Å². The number of carbonyl (C=O) groups is 1. The normalized spacial score (nSPS) is 17.4. The molecule has 1 aromatic carbocycles. The standard InChI is InChI=1S/C19H29NO/c1-3-20(2)19(21)18(17-12-8-5-9-13-17)15-14-16-10-6-4-7-11-16/h4,6-7,10-11,17-18H,3,5,8-9,12-15H2,1-2H3. The van der Waals surface area contributed by atoms with Gasteiger partial charge in [-0.1, -0.05) is 49.6 Å². The van der Waals surface area contributed by atoms with Crippen molar-refractivity contribution in [3.8, 4) is 0 Å².